The standard InChI is InChI=1S/C11H9ClN2O3S2/c12-9-5-6-10(18-9)19(16,17)14-11(15)7-3-1-2-4-8(7)13/h1-6H,13H2,(H,14,15). The maximum atomic E-state index is 11.9. The van der Waals surface area contributed by atoms with E-state index in [4.69, 9.17) is 17.3 Å². The number of rotatable bonds is 3. The first kappa shape index (κ1) is 13.9. The van der Waals surface area contributed by atoms with Crippen LogP contribution in [-0.4, -0.2) is 14.3 Å². The molecule has 0 atom stereocenters. The molecule has 0 radical (unpaired) electrons. The molecule has 0 aliphatic heterocycles. The van der Waals surface area contributed by atoms with E-state index in [-0.39, 0.29) is 15.5 Å². The van der Waals surface area contributed by atoms with Crippen LogP contribution in [0.15, 0.2) is 40.6 Å². The SMILES string of the molecule is Nc1ccccc1C(=O)NS(=O)(=O)c1ccc(Cl)s1. The molecule has 0 saturated heterocycles. The van der Waals surface area contributed by atoms with E-state index in [9.17, 15) is 13.2 Å². The molecule has 100 valence electrons. The molecule has 3 N–H and O–H groups in total. The fourth-order valence-electron chi connectivity index (χ4n) is 1.37. The van der Waals surface area contributed by atoms with E-state index in [1.54, 1.807) is 12.1 Å². The van der Waals surface area contributed by atoms with Crippen LogP contribution in [0.3, 0.4) is 0 Å². The highest BCUT2D eigenvalue weighted by atomic mass is 35.5. The number of hydrogen-bond acceptors (Lipinski definition) is 5. The first-order valence-electron chi connectivity index (χ1n) is 5.07. The normalized spacial score (nSPS) is 11.2. The van der Waals surface area contributed by atoms with Crippen LogP contribution in [0.2, 0.25) is 4.34 Å². The number of benzene rings is 1. The Kier molecular flexibility index (Phi) is 3.79. The van der Waals surface area contributed by atoms with Gasteiger partial charge in [-0.2, -0.15) is 0 Å². The van der Waals surface area contributed by atoms with Crippen LogP contribution >= 0.6 is 22.9 Å². The van der Waals surface area contributed by atoms with Gasteiger partial charge >= 0.3 is 0 Å². The molecular weight excluding hydrogens is 308 g/mol. The zero-order valence-electron chi connectivity index (χ0n) is 9.46. The second-order valence-electron chi connectivity index (χ2n) is 3.58. The quantitative estimate of drug-likeness (QED) is 0.849. The van der Waals surface area contributed by atoms with Crippen LogP contribution in [-0.2, 0) is 10.0 Å². The van der Waals surface area contributed by atoms with E-state index < -0.39 is 15.9 Å². The Morgan fingerprint density at radius 3 is 2.47 bits per heavy atom. The van der Waals surface area contributed by atoms with E-state index in [2.05, 4.69) is 0 Å². The lowest BCUT2D eigenvalue weighted by atomic mass is 10.2. The van der Waals surface area contributed by atoms with Crippen molar-refractivity contribution in [1.82, 2.24) is 4.72 Å². The van der Waals surface area contributed by atoms with Crippen molar-refractivity contribution < 1.29 is 13.2 Å². The molecule has 0 saturated carbocycles. The molecule has 5 nitrogen and oxygen atoms in total. The van der Waals surface area contributed by atoms with Crippen molar-refractivity contribution in [1.29, 1.82) is 0 Å². The van der Waals surface area contributed by atoms with Crippen molar-refractivity contribution in [2.24, 2.45) is 0 Å². The molecule has 19 heavy (non-hydrogen) atoms. The minimum atomic E-state index is -3.92. The number of halogens is 1. The highest BCUT2D eigenvalue weighted by molar-refractivity contribution is 7.92. The third-order valence-corrected chi connectivity index (χ3v) is 5.30. The lowest BCUT2D eigenvalue weighted by Gasteiger charge is -2.06. The predicted molar refractivity (Wildman–Crippen MR) is 74.8 cm³/mol. The molecule has 1 aromatic heterocycles. The van der Waals surface area contributed by atoms with Gasteiger partial charge in [0.05, 0.1) is 9.90 Å². The first-order chi connectivity index (χ1) is 8.90. The fourth-order valence-corrected chi connectivity index (χ4v) is 3.82. The average Bonchev–Trinajstić information content (AvgIpc) is 2.76. The number of amides is 1. The smallest absolute Gasteiger partial charge is 0.273 e. The van der Waals surface area contributed by atoms with Crippen LogP contribution in [0.5, 0.6) is 0 Å². The van der Waals surface area contributed by atoms with Gasteiger partial charge < -0.3 is 5.73 Å². The van der Waals surface area contributed by atoms with E-state index >= 15 is 0 Å². The van der Waals surface area contributed by atoms with Crippen LogP contribution < -0.4 is 10.5 Å². The molecule has 8 heteroatoms. The largest absolute Gasteiger partial charge is 0.398 e. The van der Waals surface area contributed by atoms with Gasteiger partial charge in [-0.05, 0) is 24.3 Å². The summed E-state index contributed by atoms with van der Waals surface area (Å²) in [7, 11) is -3.92. The molecule has 1 aromatic carbocycles. The van der Waals surface area contributed by atoms with Gasteiger partial charge in [-0.3, -0.25) is 4.79 Å². The Balaban J connectivity index is 2.27. The third-order valence-electron chi connectivity index (χ3n) is 2.25. The van der Waals surface area contributed by atoms with Gasteiger partial charge in [-0.25, -0.2) is 13.1 Å². The summed E-state index contributed by atoms with van der Waals surface area (Å²) in [6, 6.07) is 8.99. The number of nitrogen functional groups attached to an aromatic ring is 1. The molecule has 2 rings (SSSR count). The summed E-state index contributed by atoms with van der Waals surface area (Å²) in [4.78, 5) is 11.9. The number of carbonyl (C=O) groups is 1. The lowest BCUT2D eigenvalue weighted by Crippen LogP contribution is -2.30. The lowest BCUT2D eigenvalue weighted by molar-refractivity contribution is 0.0982. The van der Waals surface area contributed by atoms with Crippen molar-refractivity contribution in [3.05, 3.63) is 46.3 Å². The summed E-state index contributed by atoms with van der Waals surface area (Å²) in [6.45, 7) is 0. The number of anilines is 1. The Morgan fingerprint density at radius 1 is 1.21 bits per heavy atom. The predicted octanol–water partition coefficient (Wildman–Crippen LogP) is 2.10. The molecule has 0 bridgehead atoms. The number of nitrogens with two attached hydrogens (primary N) is 1. The minimum absolute atomic E-state index is 0.0275. The van der Waals surface area contributed by atoms with Crippen LogP contribution in [0.4, 0.5) is 5.69 Å². The third kappa shape index (κ3) is 3.06. The molecule has 1 heterocycles. The second-order valence-corrected chi connectivity index (χ2v) is 7.20. The van der Waals surface area contributed by atoms with Crippen molar-refractivity contribution in [2.75, 3.05) is 5.73 Å². The summed E-state index contributed by atoms with van der Waals surface area (Å²) in [5.41, 5.74) is 5.92. The molecule has 0 aliphatic rings. The molecule has 0 aliphatic carbocycles. The number of sulfonamides is 1. The van der Waals surface area contributed by atoms with E-state index in [1.807, 2.05) is 4.72 Å². The van der Waals surface area contributed by atoms with Crippen molar-refractivity contribution >= 4 is 44.6 Å². The Bertz CT molecular complexity index is 725. The summed E-state index contributed by atoms with van der Waals surface area (Å²) in [5.74, 6) is -0.775. The molecule has 1 amide bonds. The van der Waals surface area contributed by atoms with Crippen LogP contribution in [0.25, 0.3) is 0 Å². The molecule has 2 aromatic rings. The highest BCUT2D eigenvalue weighted by Gasteiger charge is 2.21. The van der Waals surface area contributed by atoms with Gasteiger partial charge in [0.25, 0.3) is 15.9 Å². The van der Waals surface area contributed by atoms with Gasteiger partial charge in [0.15, 0.2) is 0 Å². The fraction of sp³-hybridized carbons (Fsp3) is 0. The highest BCUT2D eigenvalue weighted by Crippen LogP contribution is 2.25. The van der Waals surface area contributed by atoms with Gasteiger partial charge in [-0.1, -0.05) is 23.7 Å². The number of carbonyl (C=O) groups excluding carboxylic acids is 1. The minimum Gasteiger partial charge on any atom is -0.398 e. The van der Waals surface area contributed by atoms with E-state index in [0.717, 1.165) is 11.3 Å². The van der Waals surface area contributed by atoms with E-state index in [0.29, 0.717) is 4.34 Å². The molecule has 0 spiro atoms. The Morgan fingerprint density at radius 2 is 1.89 bits per heavy atom. The number of hydrogen-bond donors (Lipinski definition) is 2. The van der Waals surface area contributed by atoms with Gasteiger partial charge in [0, 0.05) is 5.69 Å². The van der Waals surface area contributed by atoms with Crippen molar-refractivity contribution in [3.8, 4) is 0 Å². The summed E-state index contributed by atoms with van der Waals surface area (Å²) in [6.07, 6.45) is 0. The summed E-state index contributed by atoms with van der Waals surface area (Å²) in [5, 5.41) is 0. The molecule has 0 unspecified atom stereocenters. The van der Waals surface area contributed by atoms with Gasteiger partial charge in [0.2, 0.25) is 0 Å². The van der Waals surface area contributed by atoms with E-state index in [1.165, 1.54) is 24.3 Å². The van der Waals surface area contributed by atoms with Crippen LogP contribution in [0.1, 0.15) is 10.4 Å². The van der Waals surface area contributed by atoms with Gasteiger partial charge in [-0.15, -0.1) is 11.3 Å². The topological polar surface area (TPSA) is 89.3 Å². The zero-order valence-corrected chi connectivity index (χ0v) is 11.8. The van der Waals surface area contributed by atoms with Crippen LogP contribution in [0, 0.1) is 0 Å². The maximum absolute atomic E-state index is 11.9. The van der Waals surface area contributed by atoms with Crippen molar-refractivity contribution in [2.45, 2.75) is 4.21 Å². The summed E-state index contributed by atoms with van der Waals surface area (Å²) >= 11 is 6.53. The average molecular weight is 317 g/mol. The molecule has 0 fully saturated rings. The number of thiophene rings is 1. The molecular formula is C11H9ClN2O3S2. The monoisotopic (exact) mass is 316 g/mol. The van der Waals surface area contributed by atoms with Crippen molar-refractivity contribution in [3.63, 3.8) is 0 Å². The Hall–Kier alpha value is -1.57. The maximum Gasteiger partial charge on any atom is 0.273 e. The Labute approximate surface area is 119 Å². The van der Waals surface area contributed by atoms with Gasteiger partial charge in [0.1, 0.15) is 4.21 Å². The zero-order chi connectivity index (χ0) is 14.0. The second kappa shape index (κ2) is 5.20. The first-order valence-corrected chi connectivity index (χ1v) is 7.75. The number of nitrogens with one attached hydrogen (secondary N) is 1. The number of para-hydroxylation sites is 1. The summed E-state index contributed by atoms with van der Waals surface area (Å²) < 4.78 is 26.1.